The topological polar surface area (TPSA) is 81.7 Å². The van der Waals surface area contributed by atoms with Crippen molar-refractivity contribution in [2.24, 2.45) is 7.05 Å². The largest absolute Gasteiger partial charge is 0.368 e. The molecule has 0 unspecified atom stereocenters. The van der Waals surface area contributed by atoms with E-state index < -0.39 is 0 Å². The number of rotatable bonds is 2. The van der Waals surface area contributed by atoms with Crippen LogP contribution in [0.2, 0.25) is 0 Å². The lowest BCUT2D eigenvalue weighted by Gasteiger charge is -2.05. The van der Waals surface area contributed by atoms with Crippen LogP contribution >= 0.6 is 0 Å². The Kier molecular flexibility index (Phi) is 2.47. The van der Waals surface area contributed by atoms with Gasteiger partial charge in [0.1, 0.15) is 5.82 Å². The maximum Gasteiger partial charge on any atom is 0.222 e. The summed E-state index contributed by atoms with van der Waals surface area (Å²) in [6.45, 7) is 3.80. The molecule has 0 atom stereocenters. The van der Waals surface area contributed by atoms with Crippen LogP contribution in [0.25, 0.3) is 0 Å². The van der Waals surface area contributed by atoms with Crippen molar-refractivity contribution in [3.05, 3.63) is 23.7 Å². The van der Waals surface area contributed by atoms with Crippen molar-refractivity contribution in [1.29, 1.82) is 0 Å². The molecule has 2 aromatic rings. The molecule has 0 amide bonds. The van der Waals surface area contributed by atoms with Gasteiger partial charge in [-0.25, -0.2) is 4.98 Å². The molecule has 84 valence electrons. The van der Waals surface area contributed by atoms with Gasteiger partial charge in [0.15, 0.2) is 0 Å². The molecule has 3 N–H and O–H groups in total. The van der Waals surface area contributed by atoms with Gasteiger partial charge < -0.3 is 11.1 Å². The molecule has 6 heteroatoms. The zero-order valence-corrected chi connectivity index (χ0v) is 9.52. The summed E-state index contributed by atoms with van der Waals surface area (Å²) in [4.78, 5) is 8.11. The van der Waals surface area contributed by atoms with Crippen LogP contribution in [-0.4, -0.2) is 19.7 Å². The third-order valence-corrected chi connectivity index (χ3v) is 2.15. The Labute approximate surface area is 93.5 Å². The van der Waals surface area contributed by atoms with Crippen molar-refractivity contribution in [1.82, 2.24) is 19.7 Å². The second-order valence-corrected chi connectivity index (χ2v) is 3.68. The fraction of sp³-hybridized carbons (Fsp3) is 0.300. The van der Waals surface area contributed by atoms with Crippen molar-refractivity contribution in [3.8, 4) is 0 Å². The Balaban J connectivity index is 2.30. The molecule has 2 aromatic heterocycles. The van der Waals surface area contributed by atoms with Gasteiger partial charge >= 0.3 is 0 Å². The van der Waals surface area contributed by atoms with Gasteiger partial charge in [-0.05, 0) is 13.8 Å². The molecule has 2 heterocycles. The predicted molar refractivity (Wildman–Crippen MR) is 62.4 cm³/mol. The standard InChI is InChI=1S/C10H14N6/c1-6-4-9(14-10(11)12-6)13-8-5-16(3)15-7(8)2/h4-5H,1-3H3,(H3,11,12,13,14). The third kappa shape index (κ3) is 2.10. The number of hydrogen-bond acceptors (Lipinski definition) is 5. The minimum Gasteiger partial charge on any atom is -0.368 e. The van der Waals surface area contributed by atoms with E-state index in [4.69, 9.17) is 5.73 Å². The van der Waals surface area contributed by atoms with Crippen molar-refractivity contribution in [2.75, 3.05) is 11.1 Å². The van der Waals surface area contributed by atoms with Gasteiger partial charge in [0, 0.05) is 25.0 Å². The lowest BCUT2D eigenvalue weighted by molar-refractivity contribution is 0.756. The summed E-state index contributed by atoms with van der Waals surface area (Å²) in [5, 5.41) is 7.39. The zero-order chi connectivity index (χ0) is 11.7. The van der Waals surface area contributed by atoms with Crippen molar-refractivity contribution >= 4 is 17.5 Å². The average molecular weight is 218 g/mol. The summed E-state index contributed by atoms with van der Waals surface area (Å²) < 4.78 is 1.75. The maximum absolute atomic E-state index is 5.57. The summed E-state index contributed by atoms with van der Waals surface area (Å²) in [6, 6.07) is 1.84. The number of nitrogens with two attached hydrogens (primary N) is 1. The highest BCUT2D eigenvalue weighted by Gasteiger charge is 2.05. The SMILES string of the molecule is Cc1cc(Nc2cn(C)nc2C)nc(N)n1. The van der Waals surface area contributed by atoms with Crippen LogP contribution in [-0.2, 0) is 7.05 Å². The zero-order valence-electron chi connectivity index (χ0n) is 9.52. The number of hydrogen-bond donors (Lipinski definition) is 2. The van der Waals surface area contributed by atoms with Crippen molar-refractivity contribution < 1.29 is 0 Å². The Morgan fingerprint density at radius 2 is 2.06 bits per heavy atom. The smallest absolute Gasteiger partial charge is 0.222 e. The molecule has 0 saturated heterocycles. The normalized spacial score (nSPS) is 10.4. The van der Waals surface area contributed by atoms with E-state index in [2.05, 4.69) is 20.4 Å². The molecule has 16 heavy (non-hydrogen) atoms. The Morgan fingerprint density at radius 3 is 2.62 bits per heavy atom. The fourth-order valence-electron chi connectivity index (χ4n) is 1.52. The minimum absolute atomic E-state index is 0.268. The monoisotopic (exact) mass is 218 g/mol. The Morgan fingerprint density at radius 1 is 1.31 bits per heavy atom. The molecule has 0 bridgehead atoms. The number of anilines is 3. The summed E-state index contributed by atoms with van der Waals surface area (Å²) in [5.74, 6) is 0.949. The minimum atomic E-state index is 0.268. The molecular weight excluding hydrogens is 204 g/mol. The first kappa shape index (κ1) is 10.4. The number of aryl methyl sites for hydroxylation is 3. The first-order chi connectivity index (χ1) is 7.54. The van der Waals surface area contributed by atoms with Crippen LogP contribution < -0.4 is 11.1 Å². The highest BCUT2D eigenvalue weighted by molar-refractivity contribution is 5.58. The number of nitrogen functional groups attached to an aromatic ring is 1. The van der Waals surface area contributed by atoms with E-state index >= 15 is 0 Å². The van der Waals surface area contributed by atoms with Crippen LogP contribution in [0.3, 0.4) is 0 Å². The first-order valence-electron chi connectivity index (χ1n) is 4.93. The second kappa shape index (κ2) is 3.80. The summed E-state index contributed by atoms with van der Waals surface area (Å²) >= 11 is 0. The second-order valence-electron chi connectivity index (χ2n) is 3.68. The summed E-state index contributed by atoms with van der Waals surface area (Å²) in [5.41, 5.74) is 8.23. The van der Waals surface area contributed by atoms with E-state index in [0.717, 1.165) is 17.1 Å². The first-order valence-corrected chi connectivity index (χ1v) is 4.93. The number of aromatic nitrogens is 4. The molecule has 6 nitrogen and oxygen atoms in total. The molecule has 0 aliphatic carbocycles. The van der Waals surface area contributed by atoms with Gasteiger partial charge in [0.05, 0.1) is 11.4 Å². The quantitative estimate of drug-likeness (QED) is 0.790. The lowest BCUT2D eigenvalue weighted by atomic mass is 10.3. The van der Waals surface area contributed by atoms with Gasteiger partial charge in [-0.2, -0.15) is 10.1 Å². The third-order valence-electron chi connectivity index (χ3n) is 2.15. The van der Waals surface area contributed by atoms with Gasteiger partial charge in [-0.15, -0.1) is 0 Å². The summed E-state index contributed by atoms with van der Waals surface area (Å²) in [7, 11) is 1.87. The Hall–Kier alpha value is -2.11. The van der Waals surface area contributed by atoms with Crippen molar-refractivity contribution in [3.63, 3.8) is 0 Å². The molecule has 0 spiro atoms. The van der Waals surface area contributed by atoms with Crippen LogP contribution in [0, 0.1) is 13.8 Å². The van der Waals surface area contributed by atoms with Crippen LogP contribution in [0.15, 0.2) is 12.3 Å². The highest BCUT2D eigenvalue weighted by Crippen LogP contribution is 2.18. The van der Waals surface area contributed by atoms with Gasteiger partial charge in [0.25, 0.3) is 0 Å². The van der Waals surface area contributed by atoms with Crippen molar-refractivity contribution in [2.45, 2.75) is 13.8 Å². The Bertz CT molecular complexity index is 496. The highest BCUT2D eigenvalue weighted by atomic mass is 15.3. The predicted octanol–water partition coefficient (Wildman–Crippen LogP) is 1.15. The molecule has 0 radical (unpaired) electrons. The van der Waals surface area contributed by atoms with E-state index in [1.807, 2.05) is 33.2 Å². The average Bonchev–Trinajstić information content (AvgIpc) is 2.43. The van der Waals surface area contributed by atoms with E-state index in [0.29, 0.717) is 5.82 Å². The van der Waals surface area contributed by atoms with Crippen LogP contribution in [0.5, 0.6) is 0 Å². The van der Waals surface area contributed by atoms with E-state index in [9.17, 15) is 0 Å². The van der Waals surface area contributed by atoms with Gasteiger partial charge in [0.2, 0.25) is 5.95 Å². The van der Waals surface area contributed by atoms with Gasteiger partial charge in [-0.1, -0.05) is 0 Å². The van der Waals surface area contributed by atoms with Crippen LogP contribution in [0.4, 0.5) is 17.5 Å². The van der Waals surface area contributed by atoms with Gasteiger partial charge in [-0.3, -0.25) is 4.68 Å². The molecular formula is C10H14N6. The lowest BCUT2D eigenvalue weighted by Crippen LogP contribution is -2.01. The molecule has 0 saturated carbocycles. The molecule has 0 aliphatic rings. The molecule has 2 rings (SSSR count). The fourth-order valence-corrected chi connectivity index (χ4v) is 1.52. The van der Waals surface area contributed by atoms with E-state index in [1.165, 1.54) is 0 Å². The van der Waals surface area contributed by atoms with E-state index in [-0.39, 0.29) is 5.95 Å². The molecule has 0 aromatic carbocycles. The van der Waals surface area contributed by atoms with Crippen LogP contribution in [0.1, 0.15) is 11.4 Å². The molecule has 0 fully saturated rings. The number of nitrogens with zero attached hydrogens (tertiary/aromatic N) is 4. The molecule has 0 aliphatic heterocycles. The maximum atomic E-state index is 5.57. The summed E-state index contributed by atoms with van der Waals surface area (Å²) in [6.07, 6.45) is 1.89. The van der Waals surface area contributed by atoms with E-state index in [1.54, 1.807) is 4.68 Å². The number of nitrogens with one attached hydrogen (secondary N) is 1.